The Morgan fingerprint density at radius 2 is 1.97 bits per heavy atom. The number of nitrogens with one attached hydrogen (secondary N) is 3. The van der Waals surface area contributed by atoms with Gasteiger partial charge < -0.3 is 25.8 Å². The van der Waals surface area contributed by atoms with E-state index >= 15 is 4.39 Å². The summed E-state index contributed by atoms with van der Waals surface area (Å²) in [6.07, 6.45) is 6.52. The lowest BCUT2D eigenvalue weighted by atomic mass is 9.62. The third-order valence-electron chi connectivity index (χ3n) is 7.72. The number of benzene rings is 1. The van der Waals surface area contributed by atoms with Gasteiger partial charge in [0.1, 0.15) is 24.2 Å². The van der Waals surface area contributed by atoms with Crippen molar-refractivity contribution in [3.8, 4) is 17.0 Å². The maximum atomic E-state index is 15.4. The topological polar surface area (TPSA) is 123 Å². The number of fused-ring (bicyclic) bond motifs is 2. The largest absolute Gasteiger partial charge is 0.474 e. The Morgan fingerprint density at radius 1 is 1.19 bits per heavy atom. The number of carbonyl (C=O) groups excluding carboxylic acids is 1. The molecule has 3 aliphatic rings. The number of nitrogen functional groups attached to an aromatic ring is 1. The van der Waals surface area contributed by atoms with Gasteiger partial charge in [-0.25, -0.2) is 19.2 Å². The van der Waals surface area contributed by atoms with Gasteiger partial charge in [-0.15, -0.1) is 12.4 Å². The Labute approximate surface area is 220 Å². The molecule has 0 bridgehead atoms. The number of pyridine rings is 2. The minimum Gasteiger partial charge on any atom is -0.474 e. The minimum absolute atomic E-state index is 0. The Hall–Kier alpha value is -3.37. The maximum Gasteiger partial charge on any atom is 0.413 e. The number of ether oxygens (including phenoxy) is 2. The van der Waals surface area contributed by atoms with Gasteiger partial charge in [-0.1, -0.05) is 0 Å². The summed E-state index contributed by atoms with van der Waals surface area (Å²) in [5, 5.41) is 10.5. The molecule has 1 saturated heterocycles. The van der Waals surface area contributed by atoms with Crippen molar-refractivity contribution >= 4 is 46.5 Å². The fraction of sp³-hybridized carbons (Fsp3) is 0.423. The molecule has 1 amide bonds. The predicted molar refractivity (Wildman–Crippen MR) is 143 cm³/mol. The molecule has 4 heterocycles. The number of hydrogen-bond donors (Lipinski definition) is 4. The first kappa shape index (κ1) is 25.3. The van der Waals surface area contributed by atoms with Crippen molar-refractivity contribution in [2.24, 2.45) is 5.41 Å². The number of carbonyl (C=O) groups is 1. The van der Waals surface area contributed by atoms with Crippen LogP contribution in [0.5, 0.6) is 5.88 Å². The summed E-state index contributed by atoms with van der Waals surface area (Å²) in [4.78, 5) is 21.1. The second-order valence-corrected chi connectivity index (χ2v) is 10.0. The van der Waals surface area contributed by atoms with Crippen LogP contribution in [0.15, 0.2) is 24.5 Å². The first-order chi connectivity index (χ1) is 17.4. The zero-order chi connectivity index (χ0) is 24.9. The molecule has 0 atom stereocenters. The maximum absolute atomic E-state index is 15.4. The number of aromatic nitrogens is 2. The summed E-state index contributed by atoms with van der Waals surface area (Å²) in [6.45, 7) is 5.12. The number of anilines is 3. The smallest absolute Gasteiger partial charge is 0.413 e. The molecule has 3 aromatic rings. The summed E-state index contributed by atoms with van der Waals surface area (Å²) >= 11 is 0. The van der Waals surface area contributed by atoms with E-state index in [0.29, 0.717) is 52.2 Å². The van der Waals surface area contributed by atoms with Crippen molar-refractivity contribution in [2.75, 3.05) is 42.6 Å². The molecule has 0 unspecified atom stereocenters. The molecule has 1 aliphatic carbocycles. The fourth-order valence-corrected chi connectivity index (χ4v) is 5.69. The summed E-state index contributed by atoms with van der Waals surface area (Å²) in [6, 6.07) is 3.37. The van der Waals surface area contributed by atoms with Crippen molar-refractivity contribution in [1.29, 1.82) is 0 Å². The summed E-state index contributed by atoms with van der Waals surface area (Å²) < 4.78 is 26.6. The van der Waals surface area contributed by atoms with Crippen LogP contribution < -0.4 is 26.4 Å². The molecule has 1 spiro atoms. The number of halogens is 2. The average Bonchev–Trinajstić information content (AvgIpc) is 2.86. The lowest BCUT2D eigenvalue weighted by molar-refractivity contribution is -0.0539. The number of hydrogen-bond acceptors (Lipinski definition) is 8. The van der Waals surface area contributed by atoms with Crippen molar-refractivity contribution in [3.63, 3.8) is 0 Å². The van der Waals surface area contributed by atoms with Crippen LogP contribution in [0.25, 0.3) is 21.9 Å². The Bertz CT molecular complexity index is 1360. The second kappa shape index (κ2) is 9.83. The van der Waals surface area contributed by atoms with E-state index in [0.717, 1.165) is 50.0 Å². The third kappa shape index (κ3) is 4.59. The Kier molecular flexibility index (Phi) is 6.72. The molecular weight excluding hydrogens is 499 g/mol. The third-order valence-corrected chi connectivity index (χ3v) is 7.72. The molecule has 6 rings (SSSR count). The highest BCUT2D eigenvalue weighted by Gasteiger charge is 2.46. The van der Waals surface area contributed by atoms with Gasteiger partial charge in [0.2, 0.25) is 5.88 Å². The molecule has 5 N–H and O–H groups in total. The summed E-state index contributed by atoms with van der Waals surface area (Å²) in [5.74, 6) is 0.280. The molecule has 2 fully saturated rings. The molecule has 11 heteroatoms. The molecular formula is C26H30ClFN6O3. The van der Waals surface area contributed by atoms with Crippen LogP contribution in [0.4, 0.5) is 26.4 Å². The summed E-state index contributed by atoms with van der Waals surface area (Å²) in [7, 11) is 0. The lowest BCUT2D eigenvalue weighted by Gasteiger charge is -2.49. The van der Waals surface area contributed by atoms with Crippen LogP contribution in [0, 0.1) is 18.2 Å². The van der Waals surface area contributed by atoms with E-state index in [-0.39, 0.29) is 24.2 Å². The van der Waals surface area contributed by atoms with E-state index in [9.17, 15) is 4.79 Å². The molecule has 2 aromatic heterocycles. The van der Waals surface area contributed by atoms with Crippen molar-refractivity contribution in [1.82, 2.24) is 15.3 Å². The molecule has 1 aromatic carbocycles. The molecule has 37 heavy (non-hydrogen) atoms. The van der Waals surface area contributed by atoms with Crippen LogP contribution in [0.3, 0.4) is 0 Å². The van der Waals surface area contributed by atoms with Gasteiger partial charge in [0.25, 0.3) is 0 Å². The van der Waals surface area contributed by atoms with Crippen LogP contribution in [0.1, 0.15) is 31.2 Å². The predicted octanol–water partition coefficient (Wildman–Crippen LogP) is 4.63. The van der Waals surface area contributed by atoms with Crippen LogP contribution in [-0.4, -0.2) is 48.4 Å². The standard InChI is InChI=1S/C26H29FN6O3.ClH/c1-14-18(12-32-24-23(14)30-6-7-35-24)17-8-15-9-20(31-13-19(15)22(28)21(17)27)33-25(34)36-16-10-26(11-16)2-4-29-5-3-26;/h8-9,12-13,16,29-30H,2-7,10-11,28H2,1H3,(H,31,33,34);1H. The number of piperidine rings is 1. The Morgan fingerprint density at radius 3 is 2.76 bits per heavy atom. The quantitative estimate of drug-likeness (QED) is 0.363. The van der Waals surface area contributed by atoms with Gasteiger partial charge in [-0.2, -0.15) is 0 Å². The fourth-order valence-electron chi connectivity index (χ4n) is 5.69. The molecule has 0 radical (unpaired) electrons. The first-order valence-electron chi connectivity index (χ1n) is 12.4. The van der Waals surface area contributed by atoms with Crippen molar-refractivity contribution < 1.29 is 18.7 Å². The Balaban J connectivity index is 0.00000280. The van der Waals surface area contributed by atoms with E-state index in [2.05, 4.69) is 25.9 Å². The van der Waals surface area contributed by atoms with Crippen molar-refractivity contribution in [3.05, 3.63) is 35.9 Å². The highest BCUT2D eigenvalue weighted by Crippen LogP contribution is 2.49. The SMILES string of the molecule is Cc1c(-c2cc3cc(NC(=O)OC4CC5(CCNCC5)C4)ncc3c(N)c2F)cnc2c1NCCO2.Cl. The number of nitrogens with two attached hydrogens (primary N) is 1. The van der Waals surface area contributed by atoms with Crippen molar-refractivity contribution in [2.45, 2.75) is 38.7 Å². The lowest BCUT2D eigenvalue weighted by Crippen LogP contribution is -2.49. The van der Waals surface area contributed by atoms with Gasteiger partial charge in [-0.3, -0.25) is 5.32 Å². The zero-order valence-corrected chi connectivity index (χ0v) is 21.3. The van der Waals surface area contributed by atoms with E-state index < -0.39 is 11.9 Å². The number of nitrogens with zero attached hydrogens (tertiary/aromatic N) is 2. The average molecular weight is 529 g/mol. The normalized spacial score (nSPS) is 18.1. The van der Waals surface area contributed by atoms with Gasteiger partial charge in [0.15, 0.2) is 5.82 Å². The number of amides is 1. The van der Waals surface area contributed by atoms with Crippen LogP contribution in [0.2, 0.25) is 0 Å². The highest BCUT2D eigenvalue weighted by molar-refractivity contribution is 5.99. The van der Waals surface area contributed by atoms with E-state index in [1.807, 2.05) is 6.92 Å². The van der Waals surface area contributed by atoms with Crippen LogP contribution >= 0.6 is 12.4 Å². The molecule has 196 valence electrons. The molecule has 2 aliphatic heterocycles. The molecule has 9 nitrogen and oxygen atoms in total. The van der Waals surface area contributed by atoms with Gasteiger partial charge in [0, 0.05) is 35.5 Å². The molecule has 1 saturated carbocycles. The minimum atomic E-state index is -0.539. The van der Waals surface area contributed by atoms with E-state index in [1.54, 1.807) is 18.3 Å². The van der Waals surface area contributed by atoms with E-state index in [1.165, 1.54) is 6.20 Å². The highest BCUT2D eigenvalue weighted by atomic mass is 35.5. The monoisotopic (exact) mass is 528 g/mol. The van der Waals surface area contributed by atoms with Crippen LogP contribution in [-0.2, 0) is 4.74 Å². The van der Waals surface area contributed by atoms with Gasteiger partial charge >= 0.3 is 6.09 Å². The number of rotatable bonds is 3. The zero-order valence-electron chi connectivity index (χ0n) is 20.5. The van der Waals surface area contributed by atoms with E-state index in [4.69, 9.17) is 15.2 Å². The van der Waals surface area contributed by atoms with Gasteiger partial charge in [0.05, 0.1) is 5.69 Å². The van der Waals surface area contributed by atoms with Gasteiger partial charge in [-0.05, 0) is 74.2 Å². The summed E-state index contributed by atoms with van der Waals surface area (Å²) in [5.41, 5.74) is 8.98. The second-order valence-electron chi connectivity index (χ2n) is 10.0. The first-order valence-corrected chi connectivity index (χ1v) is 12.4.